The number of hydrogen-bond donors (Lipinski definition) is 2. The van der Waals surface area contributed by atoms with Crippen LogP contribution in [-0.4, -0.2) is 32.3 Å². The molecule has 1 aromatic carbocycles. The topological polar surface area (TPSA) is 64.5 Å². The van der Waals surface area contributed by atoms with Gasteiger partial charge in [-0.15, -0.1) is 0 Å². The number of piperidine rings is 1. The summed E-state index contributed by atoms with van der Waals surface area (Å²) in [6, 6.07) is 8.33. The Bertz CT molecular complexity index is 346. The molecule has 0 aliphatic carbocycles. The van der Waals surface area contributed by atoms with Crippen LogP contribution >= 0.6 is 0 Å². The van der Waals surface area contributed by atoms with Gasteiger partial charge in [-0.05, 0) is 18.6 Å². The largest absolute Gasteiger partial charge is 0.497 e. The van der Waals surface area contributed by atoms with Gasteiger partial charge in [0.1, 0.15) is 5.75 Å². The van der Waals surface area contributed by atoms with Gasteiger partial charge >= 0.3 is 0 Å². The van der Waals surface area contributed by atoms with Crippen molar-refractivity contribution in [2.24, 2.45) is 11.5 Å². The maximum Gasteiger partial charge on any atom is 0.120 e. The summed E-state index contributed by atoms with van der Waals surface area (Å²) in [5, 5.41) is 0. The van der Waals surface area contributed by atoms with E-state index in [2.05, 4.69) is 11.0 Å². The molecule has 1 aliphatic heterocycles. The molecule has 2 rings (SSSR count). The number of methoxy groups -OCH3 is 1. The van der Waals surface area contributed by atoms with Gasteiger partial charge in [0.2, 0.25) is 0 Å². The standard InChI is InChI=1S/C12H19N3O/c1-16-12-4-2-3-11(6-12)15-7-9(13)5-10(14)8-15/h2-4,6,9-10H,5,7-8,13-14H2,1H3/t9-,10+. The van der Waals surface area contributed by atoms with Crippen LogP contribution in [0.4, 0.5) is 5.69 Å². The maximum absolute atomic E-state index is 5.97. The number of anilines is 1. The Balaban J connectivity index is 2.16. The normalized spacial score (nSPS) is 25.6. The van der Waals surface area contributed by atoms with Gasteiger partial charge in [0.15, 0.2) is 0 Å². The van der Waals surface area contributed by atoms with Crippen LogP contribution in [-0.2, 0) is 0 Å². The van der Waals surface area contributed by atoms with Crippen LogP contribution in [0.15, 0.2) is 24.3 Å². The minimum absolute atomic E-state index is 0.162. The van der Waals surface area contributed by atoms with Crippen molar-refractivity contribution < 1.29 is 4.74 Å². The number of nitrogens with zero attached hydrogens (tertiary/aromatic N) is 1. The molecule has 4 heteroatoms. The zero-order chi connectivity index (χ0) is 11.5. The Labute approximate surface area is 96.2 Å². The molecule has 0 spiro atoms. The fourth-order valence-electron chi connectivity index (χ4n) is 2.20. The van der Waals surface area contributed by atoms with Crippen LogP contribution in [0, 0.1) is 0 Å². The molecule has 2 atom stereocenters. The first kappa shape index (κ1) is 11.2. The van der Waals surface area contributed by atoms with Crippen molar-refractivity contribution in [3.63, 3.8) is 0 Å². The Hall–Kier alpha value is -1.26. The lowest BCUT2D eigenvalue weighted by atomic mass is 10.0. The molecule has 1 aliphatic rings. The minimum atomic E-state index is 0.162. The number of benzene rings is 1. The summed E-state index contributed by atoms with van der Waals surface area (Å²) in [4.78, 5) is 2.22. The summed E-state index contributed by atoms with van der Waals surface area (Å²) >= 11 is 0. The fraction of sp³-hybridized carbons (Fsp3) is 0.500. The lowest BCUT2D eigenvalue weighted by Crippen LogP contribution is -2.52. The Kier molecular flexibility index (Phi) is 3.31. The van der Waals surface area contributed by atoms with Crippen molar-refractivity contribution in [3.05, 3.63) is 24.3 Å². The van der Waals surface area contributed by atoms with E-state index in [1.165, 1.54) is 0 Å². The maximum atomic E-state index is 5.97. The highest BCUT2D eigenvalue weighted by Crippen LogP contribution is 2.23. The van der Waals surface area contributed by atoms with E-state index in [4.69, 9.17) is 16.2 Å². The first-order chi connectivity index (χ1) is 7.69. The molecule has 88 valence electrons. The second kappa shape index (κ2) is 4.72. The predicted octanol–water partition coefficient (Wildman–Crippen LogP) is 0.560. The van der Waals surface area contributed by atoms with Crippen molar-refractivity contribution in [1.29, 1.82) is 0 Å². The third-order valence-electron chi connectivity index (χ3n) is 2.93. The van der Waals surface area contributed by atoms with E-state index < -0.39 is 0 Å². The molecule has 1 fully saturated rings. The predicted molar refractivity (Wildman–Crippen MR) is 65.8 cm³/mol. The van der Waals surface area contributed by atoms with Crippen molar-refractivity contribution in [3.8, 4) is 5.75 Å². The van der Waals surface area contributed by atoms with Gasteiger partial charge in [0.05, 0.1) is 7.11 Å². The van der Waals surface area contributed by atoms with Crippen LogP contribution in [0.3, 0.4) is 0 Å². The van der Waals surface area contributed by atoms with Crippen molar-refractivity contribution in [2.45, 2.75) is 18.5 Å². The van der Waals surface area contributed by atoms with Gasteiger partial charge in [-0.3, -0.25) is 0 Å². The monoisotopic (exact) mass is 221 g/mol. The number of ether oxygens (including phenoxy) is 1. The second-order valence-electron chi connectivity index (χ2n) is 4.36. The first-order valence-corrected chi connectivity index (χ1v) is 5.59. The molecule has 16 heavy (non-hydrogen) atoms. The summed E-state index contributed by atoms with van der Waals surface area (Å²) in [6.07, 6.45) is 0.903. The van der Waals surface area contributed by atoms with Crippen molar-refractivity contribution in [1.82, 2.24) is 0 Å². The second-order valence-corrected chi connectivity index (χ2v) is 4.36. The van der Waals surface area contributed by atoms with Gasteiger partial charge < -0.3 is 21.1 Å². The molecule has 0 bridgehead atoms. The van der Waals surface area contributed by atoms with Crippen molar-refractivity contribution in [2.75, 3.05) is 25.1 Å². The van der Waals surface area contributed by atoms with E-state index >= 15 is 0 Å². The summed E-state index contributed by atoms with van der Waals surface area (Å²) in [6.45, 7) is 1.72. The molecule has 4 nitrogen and oxygen atoms in total. The molecule has 0 saturated carbocycles. The van der Waals surface area contributed by atoms with Gasteiger partial charge in [-0.1, -0.05) is 6.07 Å². The molecule has 1 saturated heterocycles. The lowest BCUT2D eigenvalue weighted by molar-refractivity contribution is 0.413. The van der Waals surface area contributed by atoms with Crippen LogP contribution < -0.4 is 21.1 Å². The SMILES string of the molecule is COc1cccc(N2C[C@H](N)C[C@H](N)C2)c1. The zero-order valence-corrected chi connectivity index (χ0v) is 9.60. The highest BCUT2D eigenvalue weighted by atomic mass is 16.5. The highest BCUT2D eigenvalue weighted by Gasteiger charge is 2.22. The smallest absolute Gasteiger partial charge is 0.120 e. The molecule has 0 radical (unpaired) electrons. The van der Waals surface area contributed by atoms with E-state index in [1.54, 1.807) is 7.11 Å². The quantitative estimate of drug-likeness (QED) is 0.766. The molecule has 0 amide bonds. The molecule has 1 heterocycles. The Morgan fingerprint density at radius 1 is 1.25 bits per heavy atom. The summed E-state index contributed by atoms with van der Waals surface area (Å²) in [7, 11) is 1.67. The molecular formula is C12H19N3O. The number of rotatable bonds is 2. The third kappa shape index (κ3) is 2.46. The van der Waals surface area contributed by atoms with E-state index in [0.29, 0.717) is 0 Å². The molecular weight excluding hydrogens is 202 g/mol. The Morgan fingerprint density at radius 2 is 1.94 bits per heavy atom. The molecule has 1 aromatic rings. The first-order valence-electron chi connectivity index (χ1n) is 5.59. The fourth-order valence-corrected chi connectivity index (χ4v) is 2.20. The van der Waals surface area contributed by atoms with E-state index in [-0.39, 0.29) is 12.1 Å². The third-order valence-corrected chi connectivity index (χ3v) is 2.93. The van der Waals surface area contributed by atoms with Crippen LogP contribution in [0.25, 0.3) is 0 Å². The number of hydrogen-bond acceptors (Lipinski definition) is 4. The van der Waals surface area contributed by atoms with E-state index in [0.717, 1.165) is 30.9 Å². The zero-order valence-electron chi connectivity index (χ0n) is 9.60. The van der Waals surface area contributed by atoms with E-state index in [9.17, 15) is 0 Å². The molecule has 0 aromatic heterocycles. The van der Waals surface area contributed by atoms with Gasteiger partial charge in [-0.2, -0.15) is 0 Å². The Morgan fingerprint density at radius 3 is 2.56 bits per heavy atom. The van der Waals surface area contributed by atoms with Gasteiger partial charge in [0.25, 0.3) is 0 Å². The van der Waals surface area contributed by atoms with Crippen LogP contribution in [0.2, 0.25) is 0 Å². The van der Waals surface area contributed by atoms with Crippen molar-refractivity contribution >= 4 is 5.69 Å². The number of nitrogens with two attached hydrogens (primary N) is 2. The van der Waals surface area contributed by atoms with Crippen LogP contribution in [0.5, 0.6) is 5.75 Å². The average molecular weight is 221 g/mol. The summed E-state index contributed by atoms with van der Waals surface area (Å²) in [5.74, 6) is 0.866. The van der Waals surface area contributed by atoms with Crippen LogP contribution in [0.1, 0.15) is 6.42 Å². The van der Waals surface area contributed by atoms with E-state index in [1.807, 2.05) is 18.2 Å². The summed E-state index contributed by atoms with van der Waals surface area (Å²) in [5.41, 5.74) is 13.1. The molecule has 0 unspecified atom stereocenters. The van der Waals surface area contributed by atoms with Gasteiger partial charge in [0, 0.05) is 36.9 Å². The van der Waals surface area contributed by atoms with Gasteiger partial charge in [-0.25, -0.2) is 0 Å². The summed E-state index contributed by atoms with van der Waals surface area (Å²) < 4.78 is 5.21. The average Bonchev–Trinajstić information content (AvgIpc) is 2.28. The minimum Gasteiger partial charge on any atom is -0.497 e. The molecule has 4 N–H and O–H groups in total. The lowest BCUT2D eigenvalue weighted by Gasteiger charge is -2.36. The highest BCUT2D eigenvalue weighted by molar-refractivity contribution is 5.51.